The van der Waals surface area contributed by atoms with E-state index in [0.29, 0.717) is 12.6 Å². The van der Waals surface area contributed by atoms with Gasteiger partial charge in [0, 0.05) is 17.8 Å². The monoisotopic (exact) mass is 463 g/mol. The lowest BCUT2D eigenvalue weighted by Gasteiger charge is -2.18. The van der Waals surface area contributed by atoms with E-state index in [9.17, 15) is 5.11 Å². The smallest absolute Gasteiger partial charge is 0.191 e. The van der Waals surface area contributed by atoms with E-state index in [0.717, 1.165) is 23.3 Å². The molecule has 3 unspecified atom stereocenters. The van der Waals surface area contributed by atoms with Crippen LogP contribution in [0, 0.1) is 6.92 Å². The van der Waals surface area contributed by atoms with Crippen LogP contribution in [0.3, 0.4) is 0 Å². The van der Waals surface area contributed by atoms with Crippen molar-refractivity contribution < 1.29 is 5.11 Å². The summed E-state index contributed by atoms with van der Waals surface area (Å²) < 4.78 is 0. The summed E-state index contributed by atoms with van der Waals surface area (Å²) in [5, 5.41) is 17.9. The highest BCUT2D eigenvalue weighted by Gasteiger charge is 2.24. The third-order valence-electron chi connectivity index (χ3n) is 4.29. The number of aliphatic hydroxyl groups is 1. The van der Waals surface area contributed by atoms with Crippen molar-refractivity contribution in [1.82, 2.24) is 10.6 Å². The lowest BCUT2D eigenvalue weighted by Crippen LogP contribution is -2.42. The molecule has 1 aliphatic carbocycles. The summed E-state index contributed by atoms with van der Waals surface area (Å²) in [7, 11) is 0. The second-order valence-electron chi connectivity index (χ2n) is 6.16. The third-order valence-corrected chi connectivity index (χ3v) is 5.38. The first-order valence-corrected chi connectivity index (χ1v) is 9.73. The maximum Gasteiger partial charge on any atom is 0.191 e. The zero-order valence-electron chi connectivity index (χ0n) is 14.8. The van der Waals surface area contributed by atoms with Gasteiger partial charge in [0.05, 0.1) is 12.6 Å². The zero-order chi connectivity index (χ0) is 16.7. The first-order valence-electron chi connectivity index (χ1n) is 8.44. The van der Waals surface area contributed by atoms with Gasteiger partial charge < -0.3 is 15.7 Å². The second-order valence-corrected chi connectivity index (χ2v) is 7.30. The van der Waals surface area contributed by atoms with E-state index in [2.05, 4.69) is 28.8 Å². The summed E-state index contributed by atoms with van der Waals surface area (Å²) in [6, 6.07) is 8.47. The molecular weight excluding hydrogens is 433 g/mol. The largest absolute Gasteiger partial charge is 0.386 e. The number of hydrogen-bond acceptors (Lipinski definition) is 3. The van der Waals surface area contributed by atoms with Crippen LogP contribution in [0.2, 0.25) is 0 Å². The van der Waals surface area contributed by atoms with Gasteiger partial charge in [0.1, 0.15) is 0 Å². The fourth-order valence-electron chi connectivity index (χ4n) is 2.87. The van der Waals surface area contributed by atoms with Gasteiger partial charge in [-0.2, -0.15) is 11.8 Å². The maximum atomic E-state index is 10.3. The molecule has 1 saturated carbocycles. The predicted octanol–water partition coefficient (Wildman–Crippen LogP) is 3.49. The van der Waals surface area contributed by atoms with Crippen LogP contribution >= 0.6 is 35.7 Å². The van der Waals surface area contributed by atoms with Gasteiger partial charge in [-0.15, -0.1) is 24.0 Å². The first kappa shape index (κ1) is 21.6. The normalized spacial score (nSPS) is 21.9. The van der Waals surface area contributed by atoms with Crippen LogP contribution in [-0.2, 0) is 0 Å². The van der Waals surface area contributed by atoms with Crippen LogP contribution in [0.25, 0.3) is 0 Å². The van der Waals surface area contributed by atoms with Crippen molar-refractivity contribution in [2.24, 2.45) is 4.99 Å². The molecule has 6 heteroatoms. The standard InChI is InChI=1S/C18H29N3OS.HI/c1-4-19-18(21-15-9-10-16(11-15)23-3)20-12-17(22)14-7-5-13(2)6-8-14;/h5-8,15-17,22H,4,9-12H2,1-3H3,(H2,19,20,21);1H. The molecule has 3 N–H and O–H groups in total. The highest BCUT2D eigenvalue weighted by atomic mass is 127. The Bertz CT molecular complexity index is 509. The molecule has 2 rings (SSSR count). The van der Waals surface area contributed by atoms with Crippen LogP contribution in [-0.4, -0.2) is 41.7 Å². The molecule has 0 heterocycles. The highest BCUT2D eigenvalue weighted by Crippen LogP contribution is 2.28. The average molecular weight is 463 g/mol. The summed E-state index contributed by atoms with van der Waals surface area (Å²) >= 11 is 1.95. The molecule has 0 aromatic heterocycles. The van der Waals surface area contributed by atoms with Gasteiger partial charge >= 0.3 is 0 Å². The summed E-state index contributed by atoms with van der Waals surface area (Å²) in [6.07, 6.45) is 5.27. The van der Waals surface area contributed by atoms with E-state index in [4.69, 9.17) is 0 Å². The van der Waals surface area contributed by atoms with E-state index in [1.807, 2.05) is 43.0 Å². The number of halogens is 1. The lowest BCUT2D eigenvalue weighted by atomic mass is 10.1. The minimum atomic E-state index is -0.561. The molecule has 1 fully saturated rings. The Morgan fingerprint density at radius 3 is 2.62 bits per heavy atom. The van der Waals surface area contributed by atoms with Crippen LogP contribution in [0.5, 0.6) is 0 Å². The molecule has 0 spiro atoms. The van der Waals surface area contributed by atoms with Gasteiger partial charge in [-0.1, -0.05) is 29.8 Å². The number of aliphatic hydroxyl groups excluding tert-OH is 1. The second kappa shape index (κ2) is 11.2. The highest BCUT2D eigenvalue weighted by molar-refractivity contribution is 14.0. The lowest BCUT2D eigenvalue weighted by molar-refractivity contribution is 0.187. The molecule has 4 nitrogen and oxygen atoms in total. The maximum absolute atomic E-state index is 10.3. The van der Waals surface area contributed by atoms with Crippen LogP contribution in [0.15, 0.2) is 29.3 Å². The summed E-state index contributed by atoms with van der Waals surface area (Å²) in [5.74, 6) is 0.811. The van der Waals surface area contributed by atoms with Crippen molar-refractivity contribution in [2.75, 3.05) is 19.3 Å². The van der Waals surface area contributed by atoms with Crippen molar-refractivity contribution in [3.63, 3.8) is 0 Å². The van der Waals surface area contributed by atoms with Crippen LogP contribution in [0.1, 0.15) is 43.4 Å². The van der Waals surface area contributed by atoms with Gasteiger partial charge in [-0.25, -0.2) is 0 Å². The Balaban J connectivity index is 0.00000288. The molecule has 0 aliphatic heterocycles. The number of aryl methyl sites for hydroxylation is 1. The molecule has 0 bridgehead atoms. The molecule has 3 atom stereocenters. The molecule has 136 valence electrons. The topological polar surface area (TPSA) is 56.7 Å². The van der Waals surface area contributed by atoms with Gasteiger partial charge in [0.2, 0.25) is 0 Å². The first-order chi connectivity index (χ1) is 11.1. The van der Waals surface area contributed by atoms with Crippen LogP contribution in [0.4, 0.5) is 0 Å². The Morgan fingerprint density at radius 1 is 1.33 bits per heavy atom. The molecule has 0 radical (unpaired) electrons. The van der Waals surface area contributed by atoms with Crippen molar-refractivity contribution in [3.05, 3.63) is 35.4 Å². The van der Waals surface area contributed by atoms with Crippen LogP contribution < -0.4 is 10.6 Å². The number of guanidine groups is 1. The van der Waals surface area contributed by atoms with Gasteiger partial charge in [0.15, 0.2) is 5.96 Å². The molecule has 0 amide bonds. The Hall–Kier alpha value is -0.470. The molecule has 1 aromatic rings. The summed E-state index contributed by atoms with van der Waals surface area (Å²) in [5.41, 5.74) is 2.11. The van der Waals surface area contributed by atoms with E-state index in [1.54, 1.807) is 0 Å². The van der Waals surface area contributed by atoms with E-state index < -0.39 is 6.10 Å². The number of nitrogens with one attached hydrogen (secondary N) is 2. The minimum Gasteiger partial charge on any atom is -0.386 e. The fraction of sp³-hybridized carbons (Fsp3) is 0.611. The van der Waals surface area contributed by atoms with E-state index in [1.165, 1.54) is 24.8 Å². The Morgan fingerprint density at radius 2 is 2.04 bits per heavy atom. The van der Waals surface area contributed by atoms with Crippen molar-refractivity contribution in [3.8, 4) is 0 Å². The van der Waals surface area contributed by atoms with Gasteiger partial charge in [-0.05, 0) is 44.9 Å². The minimum absolute atomic E-state index is 0. The van der Waals surface area contributed by atoms with E-state index >= 15 is 0 Å². The molecule has 0 saturated heterocycles. The molecular formula is C18H30IN3OS. The van der Waals surface area contributed by atoms with Gasteiger partial charge in [0.25, 0.3) is 0 Å². The Kier molecular flexibility index (Phi) is 10.1. The number of rotatable bonds is 6. The Labute approximate surface area is 167 Å². The summed E-state index contributed by atoms with van der Waals surface area (Å²) in [6.45, 7) is 5.31. The van der Waals surface area contributed by atoms with Crippen molar-refractivity contribution in [2.45, 2.75) is 50.5 Å². The predicted molar refractivity (Wildman–Crippen MR) is 116 cm³/mol. The summed E-state index contributed by atoms with van der Waals surface area (Å²) in [4.78, 5) is 4.56. The number of benzene rings is 1. The zero-order valence-corrected chi connectivity index (χ0v) is 17.9. The number of nitrogens with zero attached hydrogens (tertiary/aromatic N) is 1. The third kappa shape index (κ3) is 6.80. The van der Waals surface area contributed by atoms with Crippen molar-refractivity contribution in [1.29, 1.82) is 0 Å². The molecule has 24 heavy (non-hydrogen) atoms. The average Bonchev–Trinajstić information content (AvgIpc) is 3.01. The fourth-order valence-corrected chi connectivity index (χ4v) is 3.67. The SMILES string of the molecule is CCNC(=NCC(O)c1ccc(C)cc1)NC1CCC(SC)C1.I. The molecule has 1 aliphatic rings. The van der Waals surface area contributed by atoms with Crippen molar-refractivity contribution >= 4 is 41.7 Å². The molecule has 1 aromatic carbocycles. The van der Waals surface area contributed by atoms with Gasteiger partial charge in [-0.3, -0.25) is 4.99 Å². The quantitative estimate of drug-likeness (QED) is 0.344. The number of aliphatic imine (C=N–C) groups is 1. The van der Waals surface area contributed by atoms with E-state index in [-0.39, 0.29) is 24.0 Å². The number of thioether (sulfide) groups is 1. The number of hydrogen-bond donors (Lipinski definition) is 3.